The van der Waals surface area contributed by atoms with Gasteiger partial charge in [0.25, 0.3) is 17.6 Å². The van der Waals surface area contributed by atoms with Crippen molar-refractivity contribution in [3.05, 3.63) is 52.1 Å². The van der Waals surface area contributed by atoms with E-state index in [1.165, 1.54) is 25.2 Å². The molecular weight excluding hydrogens is 427 g/mol. The molecule has 0 unspecified atom stereocenters. The largest absolute Gasteiger partial charge is 0.357 e. The number of benzene rings is 1. The molecule has 176 valence electrons. The van der Waals surface area contributed by atoms with E-state index >= 15 is 0 Å². The highest BCUT2D eigenvalue weighted by molar-refractivity contribution is 6.44. The molecule has 3 rings (SSSR count). The number of nitrogens with zero attached hydrogens (tertiary/aromatic N) is 1. The van der Waals surface area contributed by atoms with Crippen molar-refractivity contribution in [2.45, 2.75) is 53.1 Å². The zero-order valence-electron chi connectivity index (χ0n) is 19.5. The van der Waals surface area contributed by atoms with Crippen LogP contribution < -0.4 is 16.0 Å². The third kappa shape index (κ3) is 4.67. The molecule has 1 aromatic heterocycles. The van der Waals surface area contributed by atoms with Crippen LogP contribution in [0.5, 0.6) is 0 Å². The number of ketones is 1. The predicted octanol–water partition coefficient (Wildman–Crippen LogP) is 2.51. The zero-order chi connectivity index (χ0) is 24.4. The molecule has 2 heterocycles. The lowest BCUT2D eigenvalue weighted by molar-refractivity contribution is -0.127. The van der Waals surface area contributed by atoms with Gasteiger partial charge in [0, 0.05) is 25.0 Å². The topological polar surface area (TPSA) is 109 Å². The smallest absolute Gasteiger partial charge is 0.293 e. The third-order valence-corrected chi connectivity index (χ3v) is 5.96. The Morgan fingerprint density at radius 1 is 1.12 bits per heavy atom. The zero-order valence-corrected chi connectivity index (χ0v) is 19.5. The highest BCUT2D eigenvalue weighted by Crippen LogP contribution is 2.30. The van der Waals surface area contributed by atoms with Gasteiger partial charge in [0.1, 0.15) is 17.6 Å². The van der Waals surface area contributed by atoms with Crippen LogP contribution in [0.25, 0.3) is 0 Å². The molecule has 1 aliphatic rings. The Hall–Kier alpha value is -3.49. The summed E-state index contributed by atoms with van der Waals surface area (Å²) >= 11 is 0. The summed E-state index contributed by atoms with van der Waals surface area (Å²) in [7, 11) is 1.46. The van der Waals surface area contributed by atoms with Crippen LogP contribution in [-0.4, -0.2) is 41.2 Å². The van der Waals surface area contributed by atoms with Crippen LogP contribution in [0.3, 0.4) is 0 Å². The maximum atomic E-state index is 13.6. The van der Waals surface area contributed by atoms with E-state index in [0.29, 0.717) is 41.2 Å². The van der Waals surface area contributed by atoms with E-state index in [-0.39, 0.29) is 23.2 Å². The number of carbonyl (C=O) groups is 4. The van der Waals surface area contributed by atoms with Gasteiger partial charge >= 0.3 is 0 Å². The van der Waals surface area contributed by atoms with Gasteiger partial charge in [0.15, 0.2) is 0 Å². The molecule has 1 atom stereocenters. The van der Waals surface area contributed by atoms with E-state index in [4.69, 9.17) is 0 Å². The molecule has 0 fully saturated rings. The first-order chi connectivity index (χ1) is 15.6. The number of aromatic nitrogens is 1. The van der Waals surface area contributed by atoms with E-state index in [1.807, 2.05) is 0 Å². The van der Waals surface area contributed by atoms with E-state index in [0.717, 1.165) is 6.42 Å². The second-order valence-electron chi connectivity index (χ2n) is 8.61. The molecule has 0 spiro atoms. The van der Waals surface area contributed by atoms with Gasteiger partial charge in [-0.3, -0.25) is 19.2 Å². The summed E-state index contributed by atoms with van der Waals surface area (Å²) in [5, 5.41) is 7.77. The van der Waals surface area contributed by atoms with Crippen LogP contribution in [0.1, 0.15) is 57.9 Å². The molecule has 1 aliphatic heterocycles. The predicted molar refractivity (Wildman–Crippen MR) is 122 cm³/mol. The number of Topliss-reactive ketones (excluding diaryl/α,β-unsaturated/α-hetero) is 1. The minimum absolute atomic E-state index is 0.199. The number of likely N-dealkylation sites (N-methyl/N-ethyl adjacent to an activating group) is 1. The van der Waals surface area contributed by atoms with E-state index < -0.39 is 23.6 Å². The van der Waals surface area contributed by atoms with Gasteiger partial charge in [-0.05, 0) is 61.9 Å². The van der Waals surface area contributed by atoms with Gasteiger partial charge in [-0.25, -0.2) is 4.39 Å². The molecule has 9 heteroatoms. The Bertz CT molecular complexity index is 1140. The molecule has 2 aromatic rings. The van der Waals surface area contributed by atoms with Crippen LogP contribution in [0.4, 0.5) is 10.1 Å². The molecule has 0 saturated heterocycles. The number of hydrogen-bond donors (Lipinski definition) is 3. The van der Waals surface area contributed by atoms with Crippen LogP contribution in [0.2, 0.25) is 0 Å². The lowest BCUT2D eigenvalue weighted by Gasteiger charge is -2.20. The average molecular weight is 457 g/mol. The van der Waals surface area contributed by atoms with Gasteiger partial charge in [0.2, 0.25) is 5.91 Å². The van der Waals surface area contributed by atoms with Crippen LogP contribution in [-0.2, 0) is 22.6 Å². The normalized spacial score (nSPS) is 13.4. The number of rotatable bonds is 7. The molecule has 0 radical (unpaired) electrons. The Kier molecular flexibility index (Phi) is 7.00. The fourth-order valence-corrected chi connectivity index (χ4v) is 4.24. The molecule has 3 N–H and O–H groups in total. The van der Waals surface area contributed by atoms with Crippen LogP contribution in [0.15, 0.2) is 18.2 Å². The molecule has 3 amide bonds. The lowest BCUT2D eigenvalue weighted by Crippen LogP contribution is -2.50. The summed E-state index contributed by atoms with van der Waals surface area (Å²) in [5.74, 6) is -3.08. The summed E-state index contributed by atoms with van der Waals surface area (Å²) in [5.41, 5.74) is 2.37. The molecular formula is C24H29FN4O4. The van der Waals surface area contributed by atoms with Crippen molar-refractivity contribution in [1.29, 1.82) is 0 Å². The van der Waals surface area contributed by atoms with Crippen molar-refractivity contribution in [3.63, 3.8) is 0 Å². The summed E-state index contributed by atoms with van der Waals surface area (Å²) in [6, 6.07) is 3.41. The first-order valence-electron chi connectivity index (χ1n) is 10.9. The first kappa shape index (κ1) is 24.2. The average Bonchev–Trinajstić information content (AvgIpc) is 3.32. The maximum Gasteiger partial charge on any atom is 0.293 e. The van der Waals surface area contributed by atoms with Gasteiger partial charge in [0.05, 0.1) is 5.56 Å². The monoisotopic (exact) mass is 456 g/mol. The Balaban J connectivity index is 1.91. The highest BCUT2D eigenvalue weighted by atomic mass is 19.1. The fraction of sp³-hybridized carbons (Fsp3) is 0.417. The second-order valence-corrected chi connectivity index (χ2v) is 8.61. The first-order valence-corrected chi connectivity index (χ1v) is 10.9. The molecule has 1 aromatic carbocycles. The lowest BCUT2D eigenvalue weighted by atomic mass is 10.00. The second kappa shape index (κ2) is 9.56. The van der Waals surface area contributed by atoms with E-state index in [9.17, 15) is 23.6 Å². The fourth-order valence-electron chi connectivity index (χ4n) is 4.24. The van der Waals surface area contributed by atoms with Crippen molar-refractivity contribution in [2.24, 2.45) is 5.92 Å². The Morgan fingerprint density at radius 3 is 2.42 bits per heavy atom. The molecule has 0 bridgehead atoms. The number of aryl methyl sites for hydroxylation is 1. The molecule has 8 nitrogen and oxygen atoms in total. The van der Waals surface area contributed by atoms with E-state index in [2.05, 4.69) is 16.0 Å². The van der Waals surface area contributed by atoms with Crippen molar-refractivity contribution in [2.75, 3.05) is 12.4 Å². The van der Waals surface area contributed by atoms with E-state index in [1.54, 1.807) is 32.3 Å². The van der Waals surface area contributed by atoms with Crippen molar-refractivity contribution in [1.82, 2.24) is 15.2 Å². The van der Waals surface area contributed by atoms with Crippen LogP contribution in [0, 0.1) is 25.6 Å². The van der Waals surface area contributed by atoms with Gasteiger partial charge < -0.3 is 20.5 Å². The number of amides is 3. The van der Waals surface area contributed by atoms with Crippen molar-refractivity contribution >= 4 is 29.2 Å². The van der Waals surface area contributed by atoms with Gasteiger partial charge in [-0.1, -0.05) is 13.8 Å². The summed E-state index contributed by atoms with van der Waals surface area (Å²) in [4.78, 5) is 51.1. The number of halogens is 1. The summed E-state index contributed by atoms with van der Waals surface area (Å²) in [6.45, 7) is 7.32. The SMILES string of the molecule is CNC(=O)[C@@H](NC(=O)C(=O)c1c(C)c(C(=O)Nc2ccc(F)c(C)c2)n2c1CCC2)C(C)C. The maximum absolute atomic E-state index is 13.6. The minimum Gasteiger partial charge on any atom is -0.357 e. The number of fused-ring (bicyclic) bond motifs is 1. The highest BCUT2D eigenvalue weighted by Gasteiger charge is 2.34. The number of anilines is 1. The van der Waals surface area contributed by atoms with Crippen molar-refractivity contribution in [3.8, 4) is 0 Å². The minimum atomic E-state index is -0.887. The number of hydrogen-bond acceptors (Lipinski definition) is 4. The van der Waals surface area contributed by atoms with Crippen LogP contribution >= 0.6 is 0 Å². The summed E-state index contributed by atoms with van der Waals surface area (Å²) < 4.78 is 15.3. The molecule has 0 saturated carbocycles. The van der Waals surface area contributed by atoms with Gasteiger partial charge in [-0.2, -0.15) is 0 Å². The molecule has 0 aliphatic carbocycles. The van der Waals surface area contributed by atoms with Crippen molar-refractivity contribution < 1.29 is 23.6 Å². The van der Waals surface area contributed by atoms with Gasteiger partial charge in [-0.15, -0.1) is 0 Å². The Morgan fingerprint density at radius 2 is 1.82 bits per heavy atom. The number of nitrogens with one attached hydrogen (secondary N) is 3. The third-order valence-electron chi connectivity index (χ3n) is 5.96. The Labute approximate surface area is 191 Å². The quantitative estimate of drug-likeness (QED) is 0.439. The standard InChI is InChI=1S/C24H29FN4O4/c1-12(2)19(22(31)26-5)28-24(33)21(30)18-14(4)20(29-10-6-7-17(18)29)23(32)27-15-8-9-16(25)13(3)11-15/h8-9,11-12,19H,6-7,10H2,1-5H3,(H,26,31)(H,27,32)(H,28,33)/t19-/m0/s1. The number of carbonyl (C=O) groups excluding carboxylic acids is 4. The molecule has 33 heavy (non-hydrogen) atoms. The summed E-state index contributed by atoms with van der Waals surface area (Å²) in [6.07, 6.45) is 1.29.